The zero-order valence-corrected chi connectivity index (χ0v) is 64.8. The zero-order valence-electron chi connectivity index (χ0n) is 63.0. The third-order valence-electron chi connectivity index (χ3n) is 18.2. The average molecular weight is 1410 g/mol. The van der Waals surface area contributed by atoms with Crippen LogP contribution in [0, 0.1) is 23.7 Å². The Kier molecular flexibility index (Phi) is 65.0. The van der Waals surface area contributed by atoms with Crippen molar-refractivity contribution in [1.82, 2.24) is 0 Å². The van der Waals surface area contributed by atoms with E-state index in [0.717, 1.165) is 120 Å². The second-order valence-corrected chi connectivity index (χ2v) is 32.3. The number of carbonyl (C=O) groups excluding carboxylic acids is 4. The molecule has 0 saturated heterocycles. The van der Waals surface area contributed by atoms with E-state index in [1.807, 2.05) is 0 Å². The van der Waals surface area contributed by atoms with Gasteiger partial charge in [0, 0.05) is 25.7 Å². The minimum Gasteiger partial charge on any atom is -0.462 e. The third kappa shape index (κ3) is 69.2. The molecular weight excluding hydrogens is 1260 g/mol. The van der Waals surface area contributed by atoms with Gasteiger partial charge in [0.15, 0.2) is 12.2 Å². The summed E-state index contributed by atoms with van der Waals surface area (Å²) in [7, 11) is -9.91. The SMILES string of the molecule is CCC(C)CCCCCCCCC(=O)OC[C@H](COP(=O)(O)OCC(O)COP(=O)(O)OC[C@@H](COC(=O)CCCCCCCCC(C)C)OC(=O)CCCCCCCCCCCCCCCCCCCCC(C)C)OC(=O)CCCCCCCCCCCCCCCC(C)C. The van der Waals surface area contributed by atoms with E-state index in [1.165, 1.54) is 180 Å². The molecule has 17 nitrogen and oxygen atoms in total. The summed E-state index contributed by atoms with van der Waals surface area (Å²) in [5.74, 6) is 0.894. The molecule has 0 aliphatic rings. The van der Waals surface area contributed by atoms with Crippen LogP contribution >= 0.6 is 15.6 Å². The number of esters is 4. The molecule has 0 amide bonds. The maximum absolute atomic E-state index is 13.1. The van der Waals surface area contributed by atoms with Crippen molar-refractivity contribution in [1.29, 1.82) is 0 Å². The molecule has 0 aliphatic carbocycles. The number of carbonyl (C=O) groups is 4. The van der Waals surface area contributed by atoms with Crippen LogP contribution in [0.5, 0.6) is 0 Å². The normalized spacial score (nSPS) is 14.4. The first-order chi connectivity index (χ1) is 46.1. The summed E-state index contributed by atoms with van der Waals surface area (Å²) < 4.78 is 68.5. The molecule has 0 spiro atoms. The molecule has 570 valence electrons. The molecule has 96 heavy (non-hydrogen) atoms. The average Bonchev–Trinajstić information content (AvgIpc) is 1.09. The summed E-state index contributed by atoms with van der Waals surface area (Å²) >= 11 is 0. The second kappa shape index (κ2) is 66.3. The standard InChI is InChI=1S/C77H150O17P2/c1-9-70(8)56-48-40-34-36-42-50-58-75(80)88-64-73(94-77(82)60-52-44-32-28-24-20-16-18-22-26-30-38-46-54-68(4)5)66-92-96(85,86)90-62-71(78)61-89-95(83,84)91-65-72(63-87-74(79)57-49-41-35-33-39-47-55-69(6)7)93-76(81)59-51-43-31-27-23-19-15-13-11-10-12-14-17-21-25-29-37-45-53-67(2)3/h67-73,78H,9-66H2,1-8H3,(H,83,84)(H,85,86)/t70?,71?,72-,73-/m1/s1. The first-order valence-corrected chi connectivity index (χ1v) is 42.7. The van der Waals surface area contributed by atoms with Crippen LogP contribution < -0.4 is 0 Å². The molecule has 4 unspecified atom stereocenters. The zero-order chi connectivity index (χ0) is 71.0. The van der Waals surface area contributed by atoms with Crippen molar-refractivity contribution in [2.75, 3.05) is 39.6 Å². The van der Waals surface area contributed by atoms with Crippen molar-refractivity contribution in [3.05, 3.63) is 0 Å². The Bertz CT molecular complexity index is 1890. The van der Waals surface area contributed by atoms with Gasteiger partial charge in [-0.1, -0.05) is 338 Å². The van der Waals surface area contributed by atoms with Crippen LogP contribution in [0.4, 0.5) is 0 Å². The van der Waals surface area contributed by atoms with Crippen molar-refractivity contribution in [2.24, 2.45) is 23.7 Å². The lowest BCUT2D eigenvalue weighted by Gasteiger charge is -2.21. The Morgan fingerprint density at radius 2 is 0.500 bits per heavy atom. The van der Waals surface area contributed by atoms with Crippen molar-refractivity contribution < 1.29 is 80.2 Å². The molecule has 0 radical (unpaired) electrons. The summed E-state index contributed by atoms with van der Waals surface area (Å²) in [4.78, 5) is 72.8. The highest BCUT2D eigenvalue weighted by molar-refractivity contribution is 7.47. The van der Waals surface area contributed by atoms with Crippen LogP contribution in [-0.2, 0) is 65.4 Å². The number of unbranched alkanes of at least 4 members (excludes halogenated alkanes) is 39. The number of phosphoric acid groups is 2. The summed E-state index contributed by atoms with van der Waals surface area (Å²) in [5.41, 5.74) is 0. The van der Waals surface area contributed by atoms with Gasteiger partial charge in [-0.25, -0.2) is 9.13 Å². The predicted molar refractivity (Wildman–Crippen MR) is 391 cm³/mol. The lowest BCUT2D eigenvalue weighted by atomic mass is 10.00. The fraction of sp³-hybridized carbons (Fsp3) is 0.948. The Morgan fingerprint density at radius 1 is 0.292 bits per heavy atom. The van der Waals surface area contributed by atoms with Gasteiger partial charge in [0.1, 0.15) is 19.3 Å². The monoisotopic (exact) mass is 1410 g/mol. The van der Waals surface area contributed by atoms with E-state index in [9.17, 15) is 43.2 Å². The van der Waals surface area contributed by atoms with Crippen molar-refractivity contribution in [3.8, 4) is 0 Å². The van der Waals surface area contributed by atoms with E-state index in [4.69, 9.17) is 37.0 Å². The molecule has 0 aromatic rings. The Labute approximate surface area is 588 Å². The summed E-state index contributed by atoms with van der Waals surface area (Å²) in [6, 6.07) is 0. The second-order valence-electron chi connectivity index (χ2n) is 29.4. The molecule has 6 atom stereocenters. The van der Waals surface area contributed by atoms with Crippen LogP contribution in [0.25, 0.3) is 0 Å². The molecule has 0 rings (SSSR count). The van der Waals surface area contributed by atoms with Gasteiger partial charge in [-0.05, 0) is 49.4 Å². The van der Waals surface area contributed by atoms with Crippen molar-refractivity contribution in [3.63, 3.8) is 0 Å². The topological polar surface area (TPSA) is 237 Å². The van der Waals surface area contributed by atoms with Crippen LogP contribution in [-0.4, -0.2) is 96.7 Å². The van der Waals surface area contributed by atoms with E-state index in [1.54, 1.807) is 0 Å². The summed E-state index contributed by atoms with van der Waals surface area (Å²) in [6.45, 7) is 14.1. The Morgan fingerprint density at radius 3 is 0.740 bits per heavy atom. The molecule has 3 N–H and O–H groups in total. The number of rotatable bonds is 74. The highest BCUT2D eigenvalue weighted by Gasteiger charge is 2.30. The Balaban J connectivity index is 5.16. The number of phosphoric ester groups is 2. The van der Waals surface area contributed by atoms with Crippen LogP contribution in [0.1, 0.15) is 389 Å². The van der Waals surface area contributed by atoms with Crippen LogP contribution in [0.15, 0.2) is 0 Å². The molecule has 0 aromatic carbocycles. The first kappa shape index (κ1) is 94.1. The highest BCUT2D eigenvalue weighted by Crippen LogP contribution is 2.45. The summed E-state index contributed by atoms with van der Waals surface area (Å²) in [6.07, 6.45) is 51.7. The van der Waals surface area contributed by atoms with Gasteiger partial charge in [0.25, 0.3) is 0 Å². The van der Waals surface area contributed by atoms with Gasteiger partial charge in [-0.2, -0.15) is 0 Å². The minimum absolute atomic E-state index is 0.106. The van der Waals surface area contributed by atoms with Crippen LogP contribution in [0.3, 0.4) is 0 Å². The molecule has 19 heteroatoms. The van der Waals surface area contributed by atoms with E-state index in [-0.39, 0.29) is 25.7 Å². The Hall–Kier alpha value is -1.94. The number of ether oxygens (including phenoxy) is 4. The molecule has 0 saturated carbocycles. The van der Waals surface area contributed by atoms with Gasteiger partial charge in [0.05, 0.1) is 26.4 Å². The van der Waals surface area contributed by atoms with Gasteiger partial charge < -0.3 is 33.8 Å². The minimum atomic E-state index is -4.96. The molecule has 0 aliphatic heterocycles. The van der Waals surface area contributed by atoms with E-state index >= 15 is 0 Å². The number of aliphatic hydroxyl groups is 1. The van der Waals surface area contributed by atoms with Gasteiger partial charge in [-0.15, -0.1) is 0 Å². The lowest BCUT2D eigenvalue weighted by Crippen LogP contribution is -2.30. The third-order valence-corrected chi connectivity index (χ3v) is 20.1. The van der Waals surface area contributed by atoms with Gasteiger partial charge in [-0.3, -0.25) is 37.3 Å². The highest BCUT2D eigenvalue weighted by atomic mass is 31.2. The van der Waals surface area contributed by atoms with E-state index in [0.29, 0.717) is 31.6 Å². The summed E-state index contributed by atoms with van der Waals surface area (Å²) in [5, 5.41) is 10.6. The molecular formula is C77H150O17P2. The first-order valence-electron chi connectivity index (χ1n) is 39.7. The smallest absolute Gasteiger partial charge is 0.462 e. The fourth-order valence-corrected chi connectivity index (χ4v) is 13.3. The molecule has 0 aromatic heterocycles. The maximum Gasteiger partial charge on any atom is 0.472 e. The van der Waals surface area contributed by atoms with E-state index in [2.05, 4.69) is 55.4 Å². The molecule has 0 heterocycles. The molecule has 0 bridgehead atoms. The largest absolute Gasteiger partial charge is 0.472 e. The quantitative estimate of drug-likeness (QED) is 0.0222. The van der Waals surface area contributed by atoms with Crippen molar-refractivity contribution >= 4 is 39.5 Å². The van der Waals surface area contributed by atoms with Gasteiger partial charge in [0.2, 0.25) is 0 Å². The van der Waals surface area contributed by atoms with Crippen molar-refractivity contribution in [2.45, 2.75) is 408 Å². The van der Waals surface area contributed by atoms with E-state index < -0.39 is 97.5 Å². The number of hydrogen-bond donors (Lipinski definition) is 3. The fourth-order valence-electron chi connectivity index (χ4n) is 11.7. The number of aliphatic hydroxyl groups excluding tert-OH is 1. The van der Waals surface area contributed by atoms with Crippen LogP contribution in [0.2, 0.25) is 0 Å². The maximum atomic E-state index is 13.1. The lowest BCUT2D eigenvalue weighted by molar-refractivity contribution is -0.161. The van der Waals surface area contributed by atoms with Gasteiger partial charge >= 0.3 is 39.5 Å². The molecule has 0 fully saturated rings. The number of hydrogen-bond acceptors (Lipinski definition) is 15. The predicted octanol–water partition coefficient (Wildman–Crippen LogP) is 22.4.